The average molecular weight is 348 g/mol. The number of benzene rings is 2. The van der Waals surface area contributed by atoms with Crippen LogP contribution in [0.3, 0.4) is 0 Å². The first kappa shape index (κ1) is 16.3. The van der Waals surface area contributed by atoms with Crippen molar-refractivity contribution in [2.24, 2.45) is 0 Å². The summed E-state index contributed by atoms with van der Waals surface area (Å²) in [6, 6.07) is 14.5. The van der Waals surface area contributed by atoms with Crippen molar-refractivity contribution in [2.75, 3.05) is 0 Å². The number of aliphatic carboxylic acids is 1. The van der Waals surface area contributed by atoms with Crippen molar-refractivity contribution in [3.8, 4) is 0 Å². The lowest BCUT2D eigenvalue weighted by Crippen LogP contribution is -2.06. The molecule has 0 saturated carbocycles. The Balaban J connectivity index is 1.91. The van der Waals surface area contributed by atoms with Gasteiger partial charge in [0.25, 0.3) is 0 Å². The molecule has 0 aliphatic carbocycles. The molecule has 0 atom stereocenters. The number of hydrogen-bond donors (Lipinski definition) is 1. The normalized spacial score (nSPS) is 11.3. The zero-order valence-corrected chi connectivity index (χ0v) is 14.2. The van der Waals surface area contributed by atoms with E-state index in [1.54, 1.807) is 12.3 Å². The summed E-state index contributed by atoms with van der Waals surface area (Å²) in [5, 5.41) is 12.0. The number of fused-ring (bicyclic) bond motifs is 2. The van der Waals surface area contributed by atoms with Crippen molar-refractivity contribution in [1.82, 2.24) is 9.55 Å². The number of rotatable bonds is 4. The summed E-state index contributed by atoms with van der Waals surface area (Å²) >= 11 is 0. The van der Waals surface area contributed by atoms with Crippen LogP contribution in [0.15, 0.2) is 54.7 Å². The van der Waals surface area contributed by atoms with Crippen LogP contribution in [0.25, 0.3) is 21.7 Å². The third kappa shape index (κ3) is 2.71. The Kier molecular flexibility index (Phi) is 3.92. The van der Waals surface area contributed by atoms with Crippen LogP contribution in [-0.2, 0) is 17.8 Å². The quantitative estimate of drug-likeness (QED) is 0.598. The molecular weight excluding hydrogens is 331 g/mol. The predicted molar refractivity (Wildman–Crippen MR) is 98.8 cm³/mol. The largest absolute Gasteiger partial charge is 0.481 e. The van der Waals surface area contributed by atoms with Gasteiger partial charge < -0.3 is 9.67 Å². The minimum atomic E-state index is -0.931. The summed E-state index contributed by atoms with van der Waals surface area (Å²) in [5.41, 5.74) is 3.18. The second kappa shape index (κ2) is 6.26. The van der Waals surface area contributed by atoms with E-state index >= 15 is 0 Å². The van der Waals surface area contributed by atoms with Gasteiger partial charge in [-0.25, -0.2) is 4.39 Å². The number of pyridine rings is 1. The maximum Gasteiger partial charge on any atom is 0.307 e. The van der Waals surface area contributed by atoms with Gasteiger partial charge in [-0.15, -0.1) is 0 Å². The molecule has 0 saturated heterocycles. The highest BCUT2D eigenvalue weighted by Crippen LogP contribution is 2.29. The van der Waals surface area contributed by atoms with Crippen molar-refractivity contribution < 1.29 is 14.3 Å². The Hall–Kier alpha value is -3.21. The van der Waals surface area contributed by atoms with Crippen molar-refractivity contribution >= 4 is 27.6 Å². The molecule has 0 bridgehead atoms. The molecule has 26 heavy (non-hydrogen) atoms. The number of carboxylic acids is 1. The van der Waals surface area contributed by atoms with Crippen LogP contribution in [-0.4, -0.2) is 20.6 Å². The molecule has 0 unspecified atom stereocenters. The van der Waals surface area contributed by atoms with Gasteiger partial charge in [0.15, 0.2) is 0 Å². The Bertz CT molecular complexity index is 1140. The van der Waals surface area contributed by atoms with Gasteiger partial charge in [-0.2, -0.15) is 0 Å². The van der Waals surface area contributed by atoms with Gasteiger partial charge >= 0.3 is 5.97 Å². The van der Waals surface area contributed by atoms with Gasteiger partial charge in [-0.05, 0) is 42.1 Å². The van der Waals surface area contributed by atoms with Crippen LogP contribution in [0.1, 0.15) is 17.0 Å². The van der Waals surface area contributed by atoms with Crippen LogP contribution in [0.5, 0.6) is 0 Å². The Morgan fingerprint density at radius 2 is 1.96 bits per heavy atom. The predicted octanol–water partition coefficient (Wildman–Crippen LogP) is 4.31. The van der Waals surface area contributed by atoms with Crippen molar-refractivity contribution in [2.45, 2.75) is 19.9 Å². The lowest BCUT2D eigenvalue weighted by atomic mass is 10.1. The smallest absolute Gasteiger partial charge is 0.307 e. The fraction of sp³-hybridized carbons (Fsp3) is 0.143. The molecule has 0 aliphatic rings. The number of halogens is 1. The van der Waals surface area contributed by atoms with Gasteiger partial charge in [-0.3, -0.25) is 9.78 Å². The Morgan fingerprint density at radius 1 is 1.15 bits per heavy atom. The SMILES string of the molecule is Cc1c(CC(=O)O)c2cc(F)ccc2n1Cc1nccc2ccccc12. The Morgan fingerprint density at radius 3 is 2.77 bits per heavy atom. The van der Waals surface area contributed by atoms with E-state index in [0.717, 1.165) is 27.7 Å². The molecule has 0 radical (unpaired) electrons. The van der Waals surface area contributed by atoms with Crippen molar-refractivity contribution in [3.05, 3.63) is 77.5 Å². The molecule has 4 rings (SSSR count). The molecule has 2 heterocycles. The maximum atomic E-state index is 13.8. The standard InChI is InChI=1S/C21H17FN2O2/c1-13-17(11-21(25)26)18-10-15(22)6-7-20(18)24(13)12-19-16-5-3-2-4-14(16)8-9-23-19/h2-10H,11-12H2,1H3,(H,25,26). The van der Waals surface area contributed by atoms with E-state index in [2.05, 4.69) is 4.98 Å². The van der Waals surface area contributed by atoms with Gasteiger partial charge in [0.1, 0.15) is 5.82 Å². The van der Waals surface area contributed by atoms with Gasteiger partial charge in [-0.1, -0.05) is 24.3 Å². The summed E-state index contributed by atoms with van der Waals surface area (Å²) in [4.78, 5) is 15.8. The van der Waals surface area contributed by atoms with Gasteiger partial charge in [0.05, 0.1) is 18.7 Å². The minimum absolute atomic E-state index is 0.137. The summed E-state index contributed by atoms with van der Waals surface area (Å²) in [7, 11) is 0. The fourth-order valence-electron chi connectivity index (χ4n) is 3.56. The number of carbonyl (C=O) groups is 1. The summed E-state index contributed by atoms with van der Waals surface area (Å²) in [6.45, 7) is 2.37. The lowest BCUT2D eigenvalue weighted by Gasteiger charge is -2.11. The zero-order chi connectivity index (χ0) is 18.3. The van der Waals surface area contributed by atoms with Crippen molar-refractivity contribution in [1.29, 1.82) is 0 Å². The molecule has 4 aromatic rings. The first-order chi connectivity index (χ1) is 12.5. The van der Waals surface area contributed by atoms with E-state index in [0.29, 0.717) is 17.5 Å². The average Bonchev–Trinajstić information content (AvgIpc) is 2.87. The first-order valence-electron chi connectivity index (χ1n) is 8.36. The van der Waals surface area contributed by atoms with E-state index in [-0.39, 0.29) is 12.2 Å². The van der Waals surface area contributed by atoms with Crippen LogP contribution >= 0.6 is 0 Å². The molecule has 0 amide bonds. The molecule has 4 nitrogen and oxygen atoms in total. The Labute approximate surface area is 149 Å². The van der Waals surface area contributed by atoms with E-state index in [1.807, 2.05) is 41.8 Å². The van der Waals surface area contributed by atoms with Crippen LogP contribution < -0.4 is 0 Å². The number of nitrogens with zero attached hydrogens (tertiary/aromatic N) is 2. The van der Waals surface area contributed by atoms with E-state index < -0.39 is 5.97 Å². The number of hydrogen-bond acceptors (Lipinski definition) is 2. The molecule has 0 spiro atoms. The maximum absolute atomic E-state index is 13.8. The van der Waals surface area contributed by atoms with Crippen LogP contribution in [0.4, 0.5) is 4.39 Å². The lowest BCUT2D eigenvalue weighted by molar-refractivity contribution is -0.136. The third-order valence-corrected chi connectivity index (χ3v) is 4.81. The second-order valence-electron chi connectivity index (χ2n) is 6.36. The summed E-state index contributed by atoms with van der Waals surface area (Å²) in [6.07, 6.45) is 1.64. The molecule has 5 heteroatoms. The minimum Gasteiger partial charge on any atom is -0.481 e. The van der Waals surface area contributed by atoms with Crippen LogP contribution in [0, 0.1) is 12.7 Å². The van der Waals surface area contributed by atoms with E-state index in [9.17, 15) is 14.3 Å². The zero-order valence-electron chi connectivity index (χ0n) is 14.2. The molecule has 0 fully saturated rings. The topological polar surface area (TPSA) is 55.1 Å². The number of aromatic nitrogens is 2. The van der Waals surface area contributed by atoms with Crippen LogP contribution in [0.2, 0.25) is 0 Å². The highest BCUT2D eigenvalue weighted by molar-refractivity contribution is 5.90. The summed E-state index contributed by atoms with van der Waals surface area (Å²) < 4.78 is 15.8. The molecule has 130 valence electrons. The molecular formula is C21H17FN2O2. The molecule has 0 aliphatic heterocycles. The van der Waals surface area contributed by atoms with E-state index in [1.165, 1.54) is 12.1 Å². The highest BCUT2D eigenvalue weighted by atomic mass is 19.1. The highest BCUT2D eigenvalue weighted by Gasteiger charge is 2.18. The third-order valence-electron chi connectivity index (χ3n) is 4.81. The van der Waals surface area contributed by atoms with E-state index in [4.69, 9.17) is 0 Å². The second-order valence-corrected chi connectivity index (χ2v) is 6.36. The fourth-order valence-corrected chi connectivity index (χ4v) is 3.56. The monoisotopic (exact) mass is 348 g/mol. The molecule has 2 aromatic carbocycles. The molecule has 1 N–H and O–H groups in total. The summed E-state index contributed by atoms with van der Waals surface area (Å²) in [5.74, 6) is -1.30. The van der Waals surface area contributed by atoms with Gasteiger partial charge in [0, 0.05) is 28.2 Å². The first-order valence-corrected chi connectivity index (χ1v) is 8.36. The van der Waals surface area contributed by atoms with Crippen molar-refractivity contribution in [3.63, 3.8) is 0 Å². The molecule has 2 aromatic heterocycles. The number of carboxylic acid groups (broad SMARTS) is 1. The van der Waals surface area contributed by atoms with Gasteiger partial charge in [0.2, 0.25) is 0 Å².